The summed E-state index contributed by atoms with van der Waals surface area (Å²) in [5.41, 5.74) is 1.79. The van der Waals surface area contributed by atoms with Crippen molar-refractivity contribution in [1.29, 1.82) is 0 Å². The van der Waals surface area contributed by atoms with Crippen molar-refractivity contribution in [2.24, 2.45) is 0 Å². The van der Waals surface area contributed by atoms with Gasteiger partial charge in [-0.3, -0.25) is 0 Å². The molecule has 1 heterocycles. The SMILES string of the molecule is COC(=O)c1c(-c2ccc(F)cc2)noc1NCc1cc(Br)ccc1OC. The van der Waals surface area contributed by atoms with Crippen LogP contribution in [-0.2, 0) is 11.3 Å². The van der Waals surface area contributed by atoms with E-state index in [4.69, 9.17) is 14.0 Å². The summed E-state index contributed by atoms with van der Waals surface area (Å²) >= 11 is 3.42. The molecule has 2 aromatic carbocycles. The van der Waals surface area contributed by atoms with Crippen LogP contribution in [0.4, 0.5) is 10.3 Å². The minimum absolute atomic E-state index is 0.137. The molecule has 1 N–H and O–H groups in total. The lowest BCUT2D eigenvalue weighted by Crippen LogP contribution is -2.08. The van der Waals surface area contributed by atoms with Gasteiger partial charge in [-0.15, -0.1) is 0 Å². The number of halogens is 2. The molecule has 140 valence electrons. The van der Waals surface area contributed by atoms with Gasteiger partial charge in [0.25, 0.3) is 0 Å². The summed E-state index contributed by atoms with van der Waals surface area (Å²) in [6.45, 7) is 0.324. The van der Waals surface area contributed by atoms with Crippen LogP contribution in [0.25, 0.3) is 11.3 Å². The molecule has 0 unspecified atom stereocenters. The van der Waals surface area contributed by atoms with Crippen LogP contribution in [0.1, 0.15) is 15.9 Å². The third kappa shape index (κ3) is 4.11. The quantitative estimate of drug-likeness (QED) is 0.569. The highest BCUT2D eigenvalue weighted by Crippen LogP contribution is 2.31. The fraction of sp³-hybridized carbons (Fsp3) is 0.158. The molecule has 3 rings (SSSR count). The number of methoxy groups -OCH3 is 2. The van der Waals surface area contributed by atoms with E-state index < -0.39 is 5.97 Å². The van der Waals surface area contributed by atoms with Gasteiger partial charge < -0.3 is 19.3 Å². The summed E-state index contributed by atoms with van der Waals surface area (Å²) in [6.07, 6.45) is 0. The Morgan fingerprint density at radius 2 is 1.96 bits per heavy atom. The van der Waals surface area contributed by atoms with Crippen LogP contribution >= 0.6 is 15.9 Å². The maximum atomic E-state index is 13.2. The van der Waals surface area contributed by atoms with Crippen LogP contribution in [0.3, 0.4) is 0 Å². The molecule has 27 heavy (non-hydrogen) atoms. The number of rotatable bonds is 6. The molecule has 0 spiro atoms. The summed E-state index contributed by atoms with van der Waals surface area (Å²) in [6, 6.07) is 11.2. The topological polar surface area (TPSA) is 73.6 Å². The van der Waals surface area contributed by atoms with E-state index in [1.54, 1.807) is 7.11 Å². The van der Waals surface area contributed by atoms with Gasteiger partial charge >= 0.3 is 5.97 Å². The molecular formula is C19H16BrFN2O4. The fourth-order valence-corrected chi connectivity index (χ4v) is 2.98. The molecule has 0 saturated heterocycles. The molecule has 0 aliphatic heterocycles. The van der Waals surface area contributed by atoms with Crippen LogP contribution in [0.5, 0.6) is 5.75 Å². The molecule has 0 aliphatic carbocycles. The zero-order valence-corrected chi connectivity index (χ0v) is 16.2. The molecule has 0 atom stereocenters. The minimum Gasteiger partial charge on any atom is -0.496 e. The van der Waals surface area contributed by atoms with Gasteiger partial charge in [0.2, 0.25) is 5.88 Å². The van der Waals surface area contributed by atoms with Gasteiger partial charge in [0.15, 0.2) is 5.56 Å². The van der Waals surface area contributed by atoms with Gasteiger partial charge in [0.1, 0.15) is 17.3 Å². The first-order valence-corrected chi connectivity index (χ1v) is 8.73. The Morgan fingerprint density at radius 1 is 1.22 bits per heavy atom. The van der Waals surface area contributed by atoms with Crippen LogP contribution < -0.4 is 10.1 Å². The van der Waals surface area contributed by atoms with Crippen molar-refractivity contribution in [2.45, 2.75) is 6.54 Å². The van der Waals surface area contributed by atoms with Gasteiger partial charge in [0, 0.05) is 22.1 Å². The van der Waals surface area contributed by atoms with Crippen molar-refractivity contribution in [1.82, 2.24) is 5.16 Å². The molecule has 3 aromatic rings. The number of hydrogen-bond acceptors (Lipinski definition) is 6. The highest BCUT2D eigenvalue weighted by molar-refractivity contribution is 9.10. The number of benzene rings is 2. The summed E-state index contributed by atoms with van der Waals surface area (Å²) in [5, 5.41) is 7.00. The molecule has 0 radical (unpaired) electrons. The lowest BCUT2D eigenvalue weighted by atomic mass is 10.1. The van der Waals surface area contributed by atoms with Crippen molar-refractivity contribution < 1.29 is 23.2 Å². The van der Waals surface area contributed by atoms with Gasteiger partial charge in [0.05, 0.1) is 14.2 Å². The average molecular weight is 435 g/mol. The largest absolute Gasteiger partial charge is 0.496 e. The number of carbonyl (C=O) groups is 1. The van der Waals surface area contributed by atoms with E-state index in [0.29, 0.717) is 17.9 Å². The predicted molar refractivity (Wildman–Crippen MR) is 101 cm³/mol. The van der Waals surface area contributed by atoms with Gasteiger partial charge in [-0.2, -0.15) is 0 Å². The summed E-state index contributed by atoms with van der Waals surface area (Å²) in [4.78, 5) is 12.3. The van der Waals surface area contributed by atoms with Crippen LogP contribution in [0.15, 0.2) is 51.5 Å². The molecule has 0 bridgehead atoms. The first-order valence-electron chi connectivity index (χ1n) is 7.93. The average Bonchev–Trinajstić information content (AvgIpc) is 3.10. The molecule has 1 aromatic heterocycles. The number of nitrogens with zero attached hydrogens (tertiary/aromatic N) is 1. The monoisotopic (exact) mass is 434 g/mol. The van der Waals surface area contributed by atoms with Gasteiger partial charge in [-0.05, 0) is 42.5 Å². The Balaban J connectivity index is 1.93. The van der Waals surface area contributed by atoms with Crippen LogP contribution in [0, 0.1) is 5.82 Å². The number of esters is 1. The Bertz CT molecular complexity index is 957. The zero-order chi connectivity index (χ0) is 19.4. The van der Waals surface area contributed by atoms with E-state index in [1.807, 2.05) is 18.2 Å². The first kappa shape index (κ1) is 18.9. The lowest BCUT2D eigenvalue weighted by Gasteiger charge is -2.10. The smallest absolute Gasteiger partial charge is 0.345 e. The van der Waals surface area contributed by atoms with Crippen molar-refractivity contribution in [3.8, 4) is 17.0 Å². The van der Waals surface area contributed by atoms with Crippen LogP contribution in [0.2, 0.25) is 0 Å². The third-order valence-corrected chi connectivity index (χ3v) is 4.37. The Labute approximate surface area is 163 Å². The summed E-state index contributed by atoms with van der Waals surface area (Å²) in [7, 11) is 2.85. The number of aromatic nitrogens is 1. The molecule has 0 amide bonds. The predicted octanol–water partition coefficient (Wildman–Crippen LogP) is 4.65. The molecule has 0 fully saturated rings. The molecule has 0 saturated carbocycles. The number of ether oxygens (including phenoxy) is 2. The lowest BCUT2D eigenvalue weighted by molar-refractivity contribution is 0.0602. The van der Waals surface area contributed by atoms with Crippen molar-refractivity contribution >= 4 is 27.8 Å². The van der Waals surface area contributed by atoms with Gasteiger partial charge in [-0.25, -0.2) is 9.18 Å². The molecule has 8 heteroatoms. The van der Waals surface area contributed by atoms with Crippen molar-refractivity contribution in [3.05, 3.63) is 63.9 Å². The number of anilines is 1. The van der Waals surface area contributed by atoms with Gasteiger partial charge in [-0.1, -0.05) is 21.1 Å². The number of nitrogens with one attached hydrogen (secondary N) is 1. The summed E-state index contributed by atoms with van der Waals surface area (Å²) in [5.74, 6) is -0.159. The minimum atomic E-state index is -0.612. The van der Waals surface area contributed by atoms with E-state index in [0.717, 1.165) is 10.0 Å². The second-order valence-corrected chi connectivity index (χ2v) is 6.46. The van der Waals surface area contributed by atoms with E-state index in [-0.39, 0.29) is 23.0 Å². The molecule has 6 nitrogen and oxygen atoms in total. The van der Waals surface area contributed by atoms with Crippen molar-refractivity contribution in [3.63, 3.8) is 0 Å². The fourth-order valence-electron chi connectivity index (χ4n) is 2.57. The standard InChI is InChI=1S/C19H16BrFN2O4/c1-25-15-8-5-13(20)9-12(15)10-22-18-16(19(24)26-2)17(23-27-18)11-3-6-14(21)7-4-11/h3-9,22H,10H2,1-2H3. The highest BCUT2D eigenvalue weighted by Gasteiger charge is 2.25. The van der Waals surface area contributed by atoms with E-state index >= 15 is 0 Å². The second kappa shape index (κ2) is 8.22. The highest BCUT2D eigenvalue weighted by atomic mass is 79.9. The Hall–Kier alpha value is -2.87. The number of carbonyl (C=O) groups excluding carboxylic acids is 1. The Kier molecular flexibility index (Phi) is 5.75. The third-order valence-electron chi connectivity index (χ3n) is 3.88. The molecule has 0 aliphatic rings. The zero-order valence-electron chi connectivity index (χ0n) is 14.6. The Morgan fingerprint density at radius 3 is 2.63 bits per heavy atom. The maximum absolute atomic E-state index is 13.2. The maximum Gasteiger partial charge on any atom is 0.345 e. The van der Waals surface area contributed by atoms with Crippen molar-refractivity contribution in [2.75, 3.05) is 19.5 Å². The second-order valence-electron chi connectivity index (χ2n) is 5.54. The number of hydrogen-bond donors (Lipinski definition) is 1. The van der Waals surface area contributed by atoms with E-state index in [9.17, 15) is 9.18 Å². The van der Waals surface area contributed by atoms with E-state index in [2.05, 4.69) is 26.4 Å². The molecular weight excluding hydrogens is 419 g/mol. The van der Waals surface area contributed by atoms with Crippen LogP contribution in [-0.4, -0.2) is 25.3 Å². The first-order chi connectivity index (χ1) is 13.0. The summed E-state index contributed by atoms with van der Waals surface area (Å²) < 4.78 is 29.6. The normalized spacial score (nSPS) is 10.5. The van der Waals surface area contributed by atoms with E-state index in [1.165, 1.54) is 31.4 Å².